The average molecular weight is 465 g/mol. The third-order valence-electron chi connectivity index (χ3n) is 5.20. The molecule has 0 atom stereocenters. The molecular weight excluding hydrogens is 440 g/mol. The number of rotatable bonds is 7. The molecule has 1 fully saturated rings. The van der Waals surface area contributed by atoms with Crippen molar-refractivity contribution in [3.8, 4) is 0 Å². The first kappa shape index (κ1) is 22.2. The lowest BCUT2D eigenvalue weighted by atomic mass is 10.1. The number of thioether (sulfide) groups is 1. The highest BCUT2D eigenvalue weighted by molar-refractivity contribution is 8.26. The van der Waals surface area contributed by atoms with E-state index in [1.807, 2.05) is 37.3 Å². The minimum atomic E-state index is -0.224. The molecule has 2 aromatic heterocycles. The van der Waals surface area contributed by atoms with Crippen molar-refractivity contribution in [1.29, 1.82) is 0 Å². The third-order valence-corrected chi connectivity index (χ3v) is 6.58. The fourth-order valence-corrected chi connectivity index (χ4v) is 4.63. The number of carbonyl (C=O) groups is 1. The summed E-state index contributed by atoms with van der Waals surface area (Å²) in [5, 5.41) is 3.27. The largest absolute Gasteiger partial charge is 0.369 e. The standard InChI is InChI=1S/C24H24N4O2S2/c1-3-4-12-25-21-18(22(29)27-13-6-5-7-20(27)26-21)14-19-23(30)28(24(31)32-19)15-17-10-8-16(2)9-11-17/h5-11,13-14,25H,3-4,12,15H2,1-2H3/b19-14-. The van der Waals surface area contributed by atoms with E-state index in [-0.39, 0.29) is 11.5 Å². The molecule has 3 heterocycles. The number of anilines is 1. The Morgan fingerprint density at radius 3 is 2.69 bits per heavy atom. The SMILES string of the molecule is CCCCNc1nc2ccccn2c(=O)c1/C=C1\SC(=S)N(Cc2ccc(C)cc2)C1=O. The number of carbonyl (C=O) groups excluding carboxylic acids is 1. The molecule has 0 unspecified atom stereocenters. The number of thiocarbonyl (C=S) groups is 1. The van der Waals surface area contributed by atoms with Gasteiger partial charge in [-0.05, 0) is 37.1 Å². The van der Waals surface area contributed by atoms with Gasteiger partial charge in [0.05, 0.1) is 17.0 Å². The Hall–Kier alpha value is -2.97. The van der Waals surface area contributed by atoms with Crippen molar-refractivity contribution >= 4 is 51.7 Å². The van der Waals surface area contributed by atoms with Crippen molar-refractivity contribution in [2.75, 3.05) is 11.9 Å². The van der Waals surface area contributed by atoms with Crippen molar-refractivity contribution in [2.24, 2.45) is 0 Å². The van der Waals surface area contributed by atoms with Gasteiger partial charge in [0.15, 0.2) is 0 Å². The molecule has 0 aliphatic carbocycles. The summed E-state index contributed by atoms with van der Waals surface area (Å²) in [4.78, 5) is 33.0. The Kier molecular flexibility index (Phi) is 6.72. The minimum Gasteiger partial charge on any atom is -0.369 e. The van der Waals surface area contributed by atoms with Crippen LogP contribution in [-0.2, 0) is 11.3 Å². The Balaban J connectivity index is 1.69. The summed E-state index contributed by atoms with van der Waals surface area (Å²) in [5.41, 5.74) is 2.86. The lowest BCUT2D eigenvalue weighted by molar-refractivity contribution is -0.122. The average Bonchev–Trinajstić information content (AvgIpc) is 3.05. The highest BCUT2D eigenvalue weighted by Crippen LogP contribution is 2.34. The van der Waals surface area contributed by atoms with Crippen LogP contribution in [0.15, 0.2) is 58.4 Å². The van der Waals surface area contributed by atoms with Gasteiger partial charge in [-0.15, -0.1) is 0 Å². The van der Waals surface area contributed by atoms with Gasteiger partial charge in [0, 0.05) is 12.7 Å². The highest BCUT2D eigenvalue weighted by Gasteiger charge is 2.32. The van der Waals surface area contributed by atoms with Crippen LogP contribution < -0.4 is 10.9 Å². The predicted molar refractivity (Wildman–Crippen MR) is 135 cm³/mol. The lowest BCUT2D eigenvalue weighted by Crippen LogP contribution is -2.27. The maximum atomic E-state index is 13.2. The number of nitrogens with one attached hydrogen (secondary N) is 1. The van der Waals surface area contributed by atoms with E-state index in [0.29, 0.717) is 39.3 Å². The number of pyridine rings is 1. The molecule has 4 rings (SSSR count). The van der Waals surface area contributed by atoms with Gasteiger partial charge in [-0.3, -0.25) is 18.9 Å². The highest BCUT2D eigenvalue weighted by atomic mass is 32.2. The molecule has 3 aromatic rings. The van der Waals surface area contributed by atoms with Gasteiger partial charge in [-0.2, -0.15) is 0 Å². The zero-order valence-corrected chi connectivity index (χ0v) is 19.6. The van der Waals surface area contributed by atoms with Crippen LogP contribution in [0.25, 0.3) is 11.7 Å². The van der Waals surface area contributed by atoms with Crippen molar-refractivity contribution in [2.45, 2.75) is 33.2 Å². The second kappa shape index (κ2) is 9.67. The Morgan fingerprint density at radius 2 is 1.94 bits per heavy atom. The fraction of sp³-hybridized carbons (Fsp3) is 0.250. The van der Waals surface area contributed by atoms with E-state index in [9.17, 15) is 9.59 Å². The molecule has 6 nitrogen and oxygen atoms in total. The van der Waals surface area contributed by atoms with E-state index in [2.05, 4.69) is 17.2 Å². The molecule has 0 spiro atoms. The van der Waals surface area contributed by atoms with Crippen LogP contribution in [0.3, 0.4) is 0 Å². The first-order valence-electron chi connectivity index (χ1n) is 10.5. The number of fused-ring (bicyclic) bond motifs is 1. The second-order valence-electron chi connectivity index (χ2n) is 7.64. The zero-order valence-electron chi connectivity index (χ0n) is 18.0. The van der Waals surface area contributed by atoms with Gasteiger partial charge >= 0.3 is 0 Å². The number of aryl methyl sites for hydroxylation is 1. The van der Waals surface area contributed by atoms with Crippen LogP contribution in [0.4, 0.5) is 5.82 Å². The molecule has 1 aromatic carbocycles. The molecule has 0 radical (unpaired) electrons. The van der Waals surface area contributed by atoms with Gasteiger partial charge < -0.3 is 5.32 Å². The molecule has 8 heteroatoms. The number of nitrogens with zero attached hydrogens (tertiary/aromatic N) is 3. The Labute approximate surface area is 196 Å². The van der Waals surface area contributed by atoms with Crippen molar-refractivity contribution in [3.05, 3.63) is 80.6 Å². The second-order valence-corrected chi connectivity index (χ2v) is 9.32. The lowest BCUT2D eigenvalue weighted by Gasteiger charge is -2.14. The monoisotopic (exact) mass is 464 g/mol. The van der Waals surface area contributed by atoms with E-state index >= 15 is 0 Å². The summed E-state index contributed by atoms with van der Waals surface area (Å²) in [7, 11) is 0. The van der Waals surface area contributed by atoms with E-state index in [1.165, 1.54) is 16.2 Å². The molecule has 1 saturated heterocycles. The third kappa shape index (κ3) is 4.61. The summed E-state index contributed by atoms with van der Waals surface area (Å²) in [6, 6.07) is 13.4. The topological polar surface area (TPSA) is 66.7 Å². The van der Waals surface area contributed by atoms with Gasteiger partial charge in [-0.25, -0.2) is 4.98 Å². The molecule has 164 valence electrons. The molecule has 1 aliphatic rings. The maximum absolute atomic E-state index is 13.2. The zero-order chi connectivity index (χ0) is 22.7. The number of unbranched alkanes of at least 4 members (excludes halogenated alkanes) is 1. The first-order chi connectivity index (χ1) is 15.5. The molecule has 32 heavy (non-hydrogen) atoms. The molecule has 1 N–H and O–H groups in total. The van der Waals surface area contributed by atoms with E-state index in [0.717, 1.165) is 24.0 Å². The van der Waals surface area contributed by atoms with Crippen LogP contribution >= 0.6 is 24.0 Å². The Morgan fingerprint density at radius 1 is 1.16 bits per heavy atom. The molecule has 0 bridgehead atoms. The summed E-state index contributed by atoms with van der Waals surface area (Å²) in [6.45, 7) is 5.22. The Bertz CT molecular complexity index is 1270. The normalized spacial score (nSPS) is 15.2. The predicted octanol–water partition coefficient (Wildman–Crippen LogP) is 4.62. The smallest absolute Gasteiger partial charge is 0.267 e. The maximum Gasteiger partial charge on any atom is 0.267 e. The molecule has 1 aliphatic heterocycles. The van der Waals surface area contributed by atoms with Crippen LogP contribution in [-0.4, -0.2) is 31.1 Å². The summed E-state index contributed by atoms with van der Waals surface area (Å²) >= 11 is 6.69. The number of amides is 1. The number of aromatic nitrogens is 2. The summed E-state index contributed by atoms with van der Waals surface area (Å²) in [5.74, 6) is 0.288. The van der Waals surface area contributed by atoms with Crippen molar-refractivity contribution in [3.63, 3.8) is 0 Å². The molecule has 0 saturated carbocycles. The summed E-state index contributed by atoms with van der Waals surface area (Å²) in [6.07, 6.45) is 5.28. The minimum absolute atomic E-state index is 0.197. The van der Waals surface area contributed by atoms with Gasteiger partial charge in [0.25, 0.3) is 11.5 Å². The van der Waals surface area contributed by atoms with Crippen LogP contribution in [0, 0.1) is 6.92 Å². The van der Waals surface area contributed by atoms with Gasteiger partial charge in [0.2, 0.25) is 0 Å². The van der Waals surface area contributed by atoms with Gasteiger partial charge in [-0.1, -0.05) is 73.2 Å². The van der Waals surface area contributed by atoms with E-state index in [4.69, 9.17) is 12.2 Å². The van der Waals surface area contributed by atoms with E-state index in [1.54, 1.807) is 29.3 Å². The van der Waals surface area contributed by atoms with Gasteiger partial charge in [0.1, 0.15) is 15.8 Å². The van der Waals surface area contributed by atoms with Crippen LogP contribution in [0.2, 0.25) is 0 Å². The van der Waals surface area contributed by atoms with Crippen LogP contribution in [0.5, 0.6) is 0 Å². The molecular formula is C24H24N4O2S2. The number of benzene rings is 1. The first-order valence-corrected chi connectivity index (χ1v) is 11.8. The molecule has 1 amide bonds. The summed E-state index contributed by atoms with van der Waals surface area (Å²) < 4.78 is 1.97. The van der Waals surface area contributed by atoms with Crippen molar-refractivity contribution < 1.29 is 4.79 Å². The van der Waals surface area contributed by atoms with Crippen LogP contribution in [0.1, 0.15) is 36.5 Å². The quantitative estimate of drug-likeness (QED) is 0.313. The number of hydrogen-bond acceptors (Lipinski definition) is 6. The van der Waals surface area contributed by atoms with E-state index < -0.39 is 0 Å². The number of hydrogen-bond donors (Lipinski definition) is 1. The van der Waals surface area contributed by atoms with Crippen molar-refractivity contribution in [1.82, 2.24) is 14.3 Å². The fourth-order valence-electron chi connectivity index (χ4n) is 3.39.